The lowest BCUT2D eigenvalue weighted by atomic mass is 10.2. The van der Waals surface area contributed by atoms with Crippen molar-refractivity contribution >= 4 is 27.3 Å². The van der Waals surface area contributed by atoms with Gasteiger partial charge in [0, 0.05) is 26.2 Å². The Labute approximate surface area is 163 Å². The summed E-state index contributed by atoms with van der Waals surface area (Å²) in [4.78, 5) is 24.4. The van der Waals surface area contributed by atoms with Crippen LogP contribution >= 0.6 is 11.6 Å². The van der Waals surface area contributed by atoms with Crippen LogP contribution in [0.2, 0.25) is 5.02 Å². The van der Waals surface area contributed by atoms with E-state index < -0.39 is 9.84 Å². The van der Waals surface area contributed by atoms with E-state index in [1.165, 1.54) is 6.20 Å². The van der Waals surface area contributed by atoms with Gasteiger partial charge >= 0.3 is 0 Å². The average Bonchev–Trinajstić information content (AvgIpc) is 2.64. The van der Waals surface area contributed by atoms with Gasteiger partial charge in [0.25, 0.3) is 5.91 Å². The zero-order valence-corrected chi connectivity index (χ0v) is 16.8. The molecule has 0 spiro atoms. The van der Waals surface area contributed by atoms with E-state index in [1.54, 1.807) is 17.0 Å². The molecule has 1 aromatic heterocycles. The van der Waals surface area contributed by atoms with Crippen molar-refractivity contribution in [1.29, 1.82) is 0 Å². The highest BCUT2D eigenvalue weighted by Gasteiger charge is 2.27. The van der Waals surface area contributed by atoms with E-state index in [-0.39, 0.29) is 27.5 Å². The number of hydrogen-bond acceptors (Lipinski definition) is 6. The van der Waals surface area contributed by atoms with Crippen LogP contribution in [0.3, 0.4) is 0 Å². The second kappa shape index (κ2) is 7.92. The molecule has 0 unspecified atom stereocenters. The van der Waals surface area contributed by atoms with E-state index in [0.29, 0.717) is 18.7 Å². The molecule has 2 aromatic rings. The minimum atomic E-state index is -3.80. The van der Waals surface area contributed by atoms with Crippen molar-refractivity contribution in [2.24, 2.45) is 0 Å². The molecule has 144 valence electrons. The van der Waals surface area contributed by atoms with Crippen LogP contribution in [-0.2, 0) is 15.6 Å². The van der Waals surface area contributed by atoms with E-state index in [4.69, 9.17) is 11.6 Å². The van der Waals surface area contributed by atoms with Crippen LogP contribution in [0.25, 0.3) is 0 Å². The van der Waals surface area contributed by atoms with E-state index >= 15 is 0 Å². The number of carbonyl (C=O) groups is 1. The Morgan fingerprint density at radius 2 is 1.78 bits per heavy atom. The van der Waals surface area contributed by atoms with E-state index in [2.05, 4.69) is 14.9 Å². The van der Waals surface area contributed by atoms with Crippen LogP contribution < -0.4 is 0 Å². The van der Waals surface area contributed by atoms with Gasteiger partial charge < -0.3 is 9.80 Å². The van der Waals surface area contributed by atoms with Gasteiger partial charge in [-0.3, -0.25) is 4.79 Å². The van der Waals surface area contributed by atoms with Crippen molar-refractivity contribution in [2.45, 2.75) is 17.8 Å². The summed E-state index contributed by atoms with van der Waals surface area (Å²) in [6.45, 7) is 4.50. The highest BCUT2D eigenvalue weighted by molar-refractivity contribution is 7.90. The number of sulfone groups is 1. The van der Waals surface area contributed by atoms with Crippen molar-refractivity contribution < 1.29 is 13.2 Å². The predicted octanol–water partition coefficient (Wildman–Crippen LogP) is 1.80. The number of likely N-dealkylation sites (N-methyl/N-ethyl adjacent to an activating group) is 1. The van der Waals surface area contributed by atoms with Crippen LogP contribution in [0.4, 0.5) is 0 Å². The molecular formula is C18H21ClN4O3S. The largest absolute Gasteiger partial charge is 0.335 e. The second-order valence-electron chi connectivity index (χ2n) is 6.69. The molecule has 3 rings (SSSR count). The Morgan fingerprint density at radius 1 is 1.15 bits per heavy atom. The van der Waals surface area contributed by atoms with Crippen molar-refractivity contribution in [1.82, 2.24) is 19.8 Å². The summed E-state index contributed by atoms with van der Waals surface area (Å²) in [5.74, 6) is -0.612. The van der Waals surface area contributed by atoms with E-state index in [0.717, 1.165) is 18.7 Å². The highest BCUT2D eigenvalue weighted by atomic mass is 35.5. The second-order valence-corrected chi connectivity index (χ2v) is 8.98. The van der Waals surface area contributed by atoms with Crippen LogP contribution in [0, 0.1) is 6.92 Å². The summed E-state index contributed by atoms with van der Waals surface area (Å²) in [5, 5.41) is -0.335. The molecule has 1 aliphatic rings. The summed E-state index contributed by atoms with van der Waals surface area (Å²) in [7, 11) is -1.82. The summed E-state index contributed by atoms with van der Waals surface area (Å²) >= 11 is 6.09. The molecule has 0 saturated carbocycles. The van der Waals surface area contributed by atoms with E-state index in [1.807, 2.05) is 26.1 Å². The average molecular weight is 409 g/mol. The van der Waals surface area contributed by atoms with Gasteiger partial charge in [-0.15, -0.1) is 0 Å². The number of rotatable bonds is 4. The molecule has 1 amide bonds. The molecule has 0 radical (unpaired) electrons. The van der Waals surface area contributed by atoms with Gasteiger partial charge in [0.15, 0.2) is 5.69 Å². The number of piperazine rings is 1. The number of carbonyl (C=O) groups excluding carboxylic acids is 1. The zero-order valence-electron chi connectivity index (χ0n) is 15.2. The van der Waals surface area contributed by atoms with Gasteiger partial charge in [0.05, 0.1) is 17.0 Å². The van der Waals surface area contributed by atoms with Gasteiger partial charge in [-0.25, -0.2) is 18.4 Å². The molecule has 27 heavy (non-hydrogen) atoms. The van der Waals surface area contributed by atoms with E-state index in [9.17, 15) is 13.2 Å². The maximum Gasteiger partial charge on any atom is 0.274 e. The van der Waals surface area contributed by atoms with Gasteiger partial charge in [-0.2, -0.15) is 0 Å². The number of halogens is 1. The summed E-state index contributed by atoms with van der Waals surface area (Å²) < 4.78 is 25.4. The number of nitrogens with zero attached hydrogens (tertiary/aromatic N) is 4. The SMILES string of the molecule is Cc1ccc(CS(=O)(=O)c2ncc(Cl)c(C(=O)N3CCN(C)CC3)n2)cc1. The molecule has 1 fully saturated rings. The van der Waals surface area contributed by atoms with Crippen LogP contribution in [-0.4, -0.2) is 67.3 Å². The quantitative estimate of drug-likeness (QED) is 0.717. The Hall–Kier alpha value is -2.03. The third kappa shape index (κ3) is 4.63. The standard InChI is InChI=1S/C18H21ClN4O3S/c1-13-3-5-14(6-4-13)12-27(25,26)18-20-11-15(19)16(21-18)17(24)23-9-7-22(2)8-10-23/h3-6,11H,7-10,12H2,1-2H3. The zero-order chi connectivity index (χ0) is 19.6. The lowest BCUT2D eigenvalue weighted by Gasteiger charge is -2.32. The molecule has 2 heterocycles. The first-order chi connectivity index (χ1) is 12.8. The molecule has 7 nitrogen and oxygen atoms in total. The lowest BCUT2D eigenvalue weighted by molar-refractivity contribution is 0.0657. The normalized spacial score (nSPS) is 15.7. The van der Waals surface area contributed by atoms with Gasteiger partial charge in [0.2, 0.25) is 15.0 Å². The van der Waals surface area contributed by atoms with Crippen molar-refractivity contribution in [2.75, 3.05) is 33.2 Å². The molecule has 0 aliphatic carbocycles. The van der Waals surface area contributed by atoms with Crippen LogP contribution in [0.5, 0.6) is 0 Å². The smallest absolute Gasteiger partial charge is 0.274 e. The van der Waals surface area contributed by atoms with Crippen molar-refractivity contribution in [3.8, 4) is 0 Å². The fourth-order valence-corrected chi connectivity index (χ4v) is 4.15. The molecular weight excluding hydrogens is 388 g/mol. The molecule has 0 bridgehead atoms. The lowest BCUT2D eigenvalue weighted by Crippen LogP contribution is -2.47. The Kier molecular flexibility index (Phi) is 5.78. The highest BCUT2D eigenvalue weighted by Crippen LogP contribution is 2.20. The fourth-order valence-electron chi connectivity index (χ4n) is 2.78. The van der Waals surface area contributed by atoms with Crippen molar-refractivity contribution in [3.63, 3.8) is 0 Å². The van der Waals surface area contributed by atoms with Gasteiger partial charge in [-0.1, -0.05) is 41.4 Å². The first-order valence-corrected chi connectivity index (χ1v) is 10.6. The maximum absolute atomic E-state index is 12.7. The summed E-state index contributed by atoms with van der Waals surface area (Å²) in [6.07, 6.45) is 1.18. The Morgan fingerprint density at radius 3 is 2.41 bits per heavy atom. The first-order valence-electron chi connectivity index (χ1n) is 8.55. The van der Waals surface area contributed by atoms with Crippen LogP contribution in [0.15, 0.2) is 35.6 Å². The number of aromatic nitrogens is 2. The molecule has 1 aliphatic heterocycles. The third-order valence-electron chi connectivity index (χ3n) is 4.47. The first kappa shape index (κ1) is 19.7. The Bertz CT molecular complexity index is 940. The Balaban J connectivity index is 1.85. The molecule has 1 aromatic carbocycles. The van der Waals surface area contributed by atoms with Gasteiger partial charge in [0.1, 0.15) is 0 Å². The monoisotopic (exact) mass is 408 g/mol. The summed E-state index contributed by atoms with van der Waals surface area (Å²) in [6, 6.07) is 7.18. The summed E-state index contributed by atoms with van der Waals surface area (Å²) in [5.41, 5.74) is 1.60. The minimum absolute atomic E-state index is 0.0493. The topological polar surface area (TPSA) is 83.5 Å². The number of hydrogen-bond donors (Lipinski definition) is 0. The van der Waals surface area contributed by atoms with Gasteiger partial charge in [-0.05, 0) is 19.5 Å². The maximum atomic E-state index is 12.7. The third-order valence-corrected chi connectivity index (χ3v) is 6.21. The molecule has 0 N–H and O–H groups in total. The minimum Gasteiger partial charge on any atom is -0.335 e. The fraction of sp³-hybridized carbons (Fsp3) is 0.389. The molecule has 9 heteroatoms. The number of benzene rings is 1. The van der Waals surface area contributed by atoms with Crippen LogP contribution in [0.1, 0.15) is 21.6 Å². The van der Waals surface area contributed by atoms with Crippen molar-refractivity contribution in [3.05, 3.63) is 52.3 Å². The molecule has 1 saturated heterocycles. The number of amides is 1. The number of aryl methyl sites for hydroxylation is 1. The predicted molar refractivity (Wildman–Crippen MR) is 103 cm³/mol. The molecule has 0 atom stereocenters.